The van der Waals surface area contributed by atoms with Gasteiger partial charge in [0.2, 0.25) is 0 Å². The molecule has 1 amide bonds. The van der Waals surface area contributed by atoms with Gasteiger partial charge in [-0.3, -0.25) is 4.79 Å². The predicted octanol–water partition coefficient (Wildman–Crippen LogP) is 3.17. The van der Waals surface area contributed by atoms with Gasteiger partial charge in [-0.1, -0.05) is 12.1 Å². The topological polar surface area (TPSA) is 72.4 Å². The highest BCUT2D eigenvalue weighted by atomic mass is 79.9. The summed E-state index contributed by atoms with van der Waals surface area (Å²) >= 11 is 3.45. The minimum atomic E-state index is -0.238. The lowest BCUT2D eigenvalue weighted by atomic mass is 10.2. The van der Waals surface area contributed by atoms with E-state index in [1.165, 1.54) is 6.20 Å². The van der Waals surface area contributed by atoms with Crippen molar-refractivity contribution < 1.29 is 9.21 Å². The maximum atomic E-state index is 12.3. The first kappa shape index (κ1) is 14.0. The molecule has 0 aliphatic heterocycles. The van der Waals surface area contributed by atoms with Crippen LogP contribution in [-0.4, -0.2) is 20.5 Å². The van der Waals surface area contributed by atoms with E-state index < -0.39 is 0 Å². The number of hydrogen-bond acceptors (Lipinski definition) is 4. The van der Waals surface area contributed by atoms with Crippen LogP contribution in [0.5, 0.6) is 0 Å². The summed E-state index contributed by atoms with van der Waals surface area (Å²) in [6, 6.07) is 9.49. The molecule has 1 aromatic carbocycles. The summed E-state index contributed by atoms with van der Waals surface area (Å²) in [4.78, 5) is 16.5. The molecule has 0 bridgehead atoms. The standard InChI is InChI=1S/C16H11BrN4O2/c17-13-4-1-3-10-7-11(23-14(10)13)8-19-16(22)12-9-20-21-6-2-5-18-15(12)21/h1-7,9H,8H2,(H,19,22). The molecule has 114 valence electrons. The van der Waals surface area contributed by atoms with E-state index in [4.69, 9.17) is 4.42 Å². The van der Waals surface area contributed by atoms with Gasteiger partial charge in [-0.25, -0.2) is 9.50 Å². The Kier molecular flexibility index (Phi) is 3.34. The van der Waals surface area contributed by atoms with Gasteiger partial charge >= 0.3 is 0 Å². The van der Waals surface area contributed by atoms with E-state index in [2.05, 4.69) is 31.3 Å². The summed E-state index contributed by atoms with van der Waals surface area (Å²) in [5.74, 6) is 0.447. The number of hydrogen-bond donors (Lipinski definition) is 1. The molecule has 0 atom stereocenters. The van der Waals surface area contributed by atoms with E-state index in [0.717, 1.165) is 15.4 Å². The van der Waals surface area contributed by atoms with Gasteiger partial charge in [0, 0.05) is 17.8 Å². The first-order chi connectivity index (χ1) is 11.2. The van der Waals surface area contributed by atoms with Crippen molar-refractivity contribution in [3.05, 3.63) is 64.7 Å². The van der Waals surface area contributed by atoms with Crippen molar-refractivity contribution >= 4 is 38.5 Å². The van der Waals surface area contributed by atoms with E-state index in [1.807, 2.05) is 24.3 Å². The van der Waals surface area contributed by atoms with Crippen LogP contribution in [0, 0.1) is 0 Å². The lowest BCUT2D eigenvalue weighted by Gasteiger charge is -2.01. The quantitative estimate of drug-likeness (QED) is 0.601. The molecule has 0 unspecified atom stereocenters. The van der Waals surface area contributed by atoms with Crippen LogP contribution < -0.4 is 5.32 Å². The zero-order valence-corrected chi connectivity index (χ0v) is 13.4. The third-order valence-electron chi connectivity index (χ3n) is 3.49. The fourth-order valence-electron chi connectivity index (χ4n) is 2.42. The van der Waals surface area contributed by atoms with E-state index in [1.54, 1.807) is 23.0 Å². The van der Waals surface area contributed by atoms with Crippen molar-refractivity contribution in [2.75, 3.05) is 0 Å². The van der Waals surface area contributed by atoms with E-state index in [9.17, 15) is 4.79 Å². The third-order valence-corrected chi connectivity index (χ3v) is 4.12. The Balaban J connectivity index is 1.56. The Morgan fingerprint density at radius 3 is 3.13 bits per heavy atom. The maximum absolute atomic E-state index is 12.3. The second-order valence-electron chi connectivity index (χ2n) is 5.00. The molecule has 0 aliphatic carbocycles. The lowest BCUT2D eigenvalue weighted by molar-refractivity contribution is 0.0949. The van der Waals surface area contributed by atoms with Crippen molar-refractivity contribution in [3.63, 3.8) is 0 Å². The molecule has 23 heavy (non-hydrogen) atoms. The molecule has 0 saturated heterocycles. The smallest absolute Gasteiger partial charge is 0.257 e. The molecule has 3 heterocycles. The van der Waals surface area contributed by atoms with Gasteiger partial charge in [-0.2, -0.15) is 5.10 Å². The number of nitrogens with one attached hydrogen (secondary N) is 1. The molecule has 7 heteroatoms. The Bertz CT molecular complexity index is 1020. The Hall–Kier alpha value is -2.67. The van der Waals surface area contributed by atoms with Gasteiger partial charge in [0.15, 0.2) is 5.65 Å². The molecule has 0 spiro atoms. The fourth-order valence-corrected chi connectivity index (χ4v) is 2.88. The van der Waals surface area contributed by atoms with Crippen LogP contribution in [-0.2, 0) is 6.54 Å². The zero-order chi connectivity index (χ0) is 15.8. The van der Waals surface area contributed by atoms with Crippen molar-refractivity contribution in [3.8, 4) is 0 Å². The Morgan fingerprint density at radius 2 is 2.26 bits per heavy atom. The van der Waals surface area contributed by atoms with Crippen molar-refractivity contribution in [2.45, 2.75) is 6.54 Å². The van der Waals surface area contributed by atoms with Crippen molar-refractivity contribution in [1.82, 2.24) is 19.9 Å². The number of rotatable bonds is 3. The third kappa shape index (κ3) is 2.49. The minimum Gasteiger partial charge on any atom is -0.458 e. The molecule has 6 nitrogen and oxygen atoms in total. The molecular formula is C16H11BrN4O2. The van der Waals surface area contributed by atoms with Gasteiger partial charge in [-0.05, 0) is 34.1 Å². The predicted molar refractivity (Wildman–Crippen MR) is 88.1 cm³/mol. The molecule has 3 aromatic heterocycles. The van der Waals surface area contributed by atoms with Crippen LogP contribution in [0.1, 0.15) is 16.1 Å². The fraction of sp³-hybridized carbons (Fsp3) is 0.0625. The highest BCUT2D eigenvalue weighted by Crippen LogP contribution is 2.26. The van der Waals surface area contributed by atoms with E-state index in [0.29, 0.717) is 23.5 Å². The number of halogens is 1. The Morgan fingerprint density at radius 1 is 1.35 bits per heavy atom. The first-order valence-electron chi connectivity index (χ1n) is 6.96. The molecule has 0 radical (unpaired) electrons. The van der Waals surface area contributed by atoms with Crippen LogP contribution in [0.3, 0.4) is 0 Å². The summed E-state index contributed by atoms with van der Waals surface area (Å²) in [6.45, 7) is 0.296. The SMILES string of the molecule is O=C(NCc1cc2cccc(Br)c2o1)c1cnn2cccnc12. The van der Waals surface area contributed by atoms with Crippen LogP contribution in [0.2, 0.25) is 0 Å². The van der Waals surface area contributed by atoms with Gasteiger partial charge in [0.05, 0.1) is 17.2 Å². The highest BCUT2D eigenvalue weighted by molar-refractivity contribution is 9.10. The van der Waals surface area contributed by atoms with Crippen LogP contribution in [0.25, 0.3) is 16.6 Å². The second-order valence-corrected chi connectivity index (χ2v) is 5.85. The largest absolute Gasteiger partial charge is 0.458 e. The van der Waals surface area contributed by atoms with Gasteiger partial charge in [0.1, 0.15) is 16.9 Å². The number of fused-ring (bicyclic) bond motifs is 2. The number of aromatic nitrogens is 3. The van der Waals surface area contributed by atoms with Crippen molar-refractivity contribution in [2.24, 2.45) is 0 Å². The first-order valence-corrected chi connectivity index (χ1v) is 7.75. The summed E-state index contributed by atoms with van der Waals surface area (Å²) in [7, 11) is 0. The number of furan rings is 1. The number of para-hydroxylation sites is 1. The van der Waals surface area contributed by atoms with Crippen LogP contribution >= 0.6 is 15.9 Å². The normalized spacial score (nSPS) is 11.2. The van der Waals surface area contributed by atoms with Crippen molar-refractivity contribution in [1.29, 1.82) is 0 Å². The van der Waals surface area contributed by atoms with Crippen LogP contribution in [0.15, 0.2) is 57.8 Å². The maximum Gasteiger partial charge on any atom is 0.257 e. The number of carbonyl (C=O) groups is 1. The monoisotopic (exact) mass is 370 g/mol. The summed E-state index contributed by atoms with van der Waals surface area (Å²) in [5.41, 5.74) is 1.73. The number of amides is 1. The average molecular weight is 371 g/mol. The molecular weight excluding hydrogens is 360 g/mol. The van der Waals surface area contributed by atoms with Gasteiger partial charge in [-0.15, -0.1) is 0 Å². The molecule has 0 aliphatic rings. The molecule has 4 aromatic rings. The number of carbonyl (C=O) groups excluding carboxylic acids is 1. The Labute approximate surface area is 139 Å². The van der Waals surface area contributed by atoms with Gasteiger partial charge in [0.25, 0.3) is 5.91 Å². The highest BCUT2D eigenvalue weighted by Gasteiger charge is 2.14. The second kappa shape index (κ2) is 5.51. The summed E-state index contributed by atoms with van der Waals surface area (Å²) in [5, 5.41) is 7.92. The molecule has 0 fully saturated rings. The average Bonchev–Trinajstić information content (AvgIpc) is 3.17. The summed E-state index contributed by atoms with van der Waals surface area (Å²) < 4.78 is 8.21. The van der Waals surface area contributed by atoms with E-state index in [-0.39, 0.29) is 5.91 Å². The van der Waals surface area contributed by atoms with Gasteiger partial charge < -0.3 is 9.73 Å². The number of nitrogens with zero attached hydrogens (tertiary/aromatic N) is 3. The summed E-state index contributed by atoms with van der Waals surface area (Å²) in [6.07, 6.45) is 4.88. The molecule has 1 N–H and O–H groups in total. The number of benzene rings is 1. The molecule has 0 saturated carbocycles. The van der Waals surface area contributed by atoms with E-state index >= 15 is 0 Å². The zero-order valence-electron chi connectivity index (χ0n) is 11.9. The van der Waals surface area contributed by atoms with Crippen LogP contribution in [0.4, 0.5) is 0 Å². The molecule has 4 rings (SSSR count). The minimum absolute atomic E-state index is 0.238. The lowest BCUT2D eigenvalue weighted by Crippen LogP contribution is -2.22.